The Hall–Kier alpha value is -1.05. The number of ether oxygens (including phenoxy) is 1. The highest BCUT2D eigenvalue weighted by atomic mass is 16.5. The molecule has 0 aromatic heterocycles. The molecule has 0 spiro atoms. The fourth-order valence-electron chi connectivity index (χ4n) is 1.50. The fourth-order valence-corrected chi connectivity index (χ4v) is 1.50. The van der Waals surface area contributed by atoms with Gasteiger partial charge >= 0.3 is 5.97 Å². The molecule has 1 atom stereocenters. The SMILES string of the molecule is CCOC(=O)C1=CCC(C(C)C)C=C1. The highest BCUT2D eigenvalue weighted by molar-refractivity contribution is 5.91. The zero-order valence-electron chi connectivity index (χ0n) is 9.12. The van der Waals surface area contributed by atoms with Gasteiger partial charge in [0.15, 0.2) is 0 Å². The number of carbonyl (C=O) groups is 1. The van der Waals surface area contributed by atoms with Gasteiger partial charge in [-0.2, -0.15) is 0 Å². The van der Waals surface area contributed by atoms with E-state index in [4.69, 9.17) is 4.74 Å². The molecule has 2 heteroatoms. The Morgan fingerprint density at radius 1 is 1.64 bits per heavy atom. The molecule has 0 aliphatic heterocycles. The maximum Gasteiger partial charge on any atom is 0.337 e. The first-order chi connectivity index (χ1) is 6.65. The maximum atomic E-state index is 11.3. The van der Waals surface area contributed by atoms with Crippen molar-refractivity contribution < 1.29 is 9.53 Å². The van der Waals surface area contributed by atoms with Gasteiger partial charge in [0.05, 0.1) is 12.2 Å². The molecule has 0 bridgehead atoms. The van der Waals surface area contributed by atoms with Crippen molar-refractivity contribution in [2.75, 3.05) is 6.61 Å². The molecule has 0 saturated carbocycles. The van der Waals surface area contributed by atoms with Crippen LogP contribution >= 0.6 is 0 Å². The topological polar surface area (TPSA) is 26.3 Å². The second kappa shape index (κ2) is 4.99. The summed E-state index contributed by atoms with van der Waals surface area (Å²) in [7, 11) is 0. The molecule has 1 aliphatic carbocycles. The quantitative estimate of drug-likeness (QED) is 0.646. The van der Waals surface area contributed by atoms with Crippen molar-refractivity contribution in [3.8, 4) is 0 Å². The van der Waals surface area contributed by atoms with E-state index in [2.05, 4.69) is 19.9 Å². The van der Waals surface area contributed by atoms with Crippen LogP contribution in [0.3, 0.4) is 0 Å². The highest BCUT2D eigenvalue weighted by Crippen LogP contribution is 2.23. The van der Waals surface area contributed by atoms with Crippen molar-refractivity contribution in [1.82, 2.24) is 0 Å². The van der Waals surface area contributed by atoms with Gasteiger partial charge in [-0.1, -0.05) is 32.1 Å². The van der Waals surface area contributed by atoms with Gasteiger partial charge in [0, 0.05) is 0 Å². The summed E-state index contributed by atoms with van der Waals surface area (Å²) in [5.74, 6) is 0.991. The number of esters is 1. The molecule has 0 saturated heterocycles. The van der Waals surface area contributed by atoms with Gasteiger partial charge < -0.3 is 4.74 Å². The standard InChI is InChI=1S/C12H18O2/c1-4-14-12(13)11-7-5-10(6-8-11)9(2)3/h5,7-10H,4,6H2,1-3H3. The monoisotopic (exact) mass is 194 g/mol. The van der Waals surface area contributed by atoms with Gasteiger partial charge in [0.25, 0.3) is 0 Å². The first-order valence-electron chi connectivity index (χ1n) is 5.20. The molecule has 78 valence electrons. The molecule has 0 N–H and O–H groups in total. The Kier molecular flexibility index (Phi) is 3.93. The minimum Gasteiger partial charge on any atom is -0.462 e. The molecule has 0 radical (unpaired) electrons. The Balaban J connectivity index is 2.54. The molecular formula is C12H18O2. The third kappa shape index (κ3) is 2.72. The second-order valence-corrected chi connectivity index (χ2v) is 3.88. The maximum absolute atomic E-state index is 11.3. The molecule has 1 aliphatic rings. The van der Waals surface area contributed by atoms with Crippen molar-refractivity contribution >= 4 is 5.97 Å². The number of rotatable bonds is 3. The summed E-state index contributed by atoms with van der Waals surface area (Å²) in [6.07, 6.45) is 6.91. The van der Waals surface area contributed by atoms with E-state index in [1.165, 1.54) is 0 Å². The fraction of sp³-hybridized carbons (Fsp3) is 0.583. The highest BCUT2D eigenvalue weighted by Gasteiger charge is 2.16. The lowest BCUT2D eigenvalue weighted by Gasteiger charge is -2.18. The largest absolute Gasteiger partial charge is 0.462 e. The Morgan fingerprint density at radius 3 is 2.79 bits per heavy atom. The average molecular weight is 194 g/mol. The summed E-state index contributed by atoms with van der Waals surface area (Å²) in [5.41, 5.74) is 0.698. The second-order valence-electron chi connectivity index (χ2n) is 3.88. The van der Waals surface area contributed by atoms with Crippen LogP contribution in [0.25, 0.3) is 0 Å². The van der Waals surface area contributed by atoms with Crippen LogP contribution in [0.15, 0.2) is 23.8 Å². The molecule has 0 amide bonds. The van der Waals surface area contributed by atoms with Crippen LogP contribution in [0.4, 0.5) is 0 Å². The smallest absolute Gasteiger partial charge is 0.337 e. The van der Waals surface area contributed by atoms with Gasteiger partial charge in [-0.15, -0.1) is 0 Å². The van der Waals surface area contributed by atoms with Gasteiger partial charge in [0.1, 0.15) is 0 Å². The van der Waals surface area contributed by atoms with E-state index in [1.807, 2.05) is 19.1 Å². The number of carbonyl (C=O) groups excluding carboxylic acids is 1. The Labute approximate surface area is 85.6 Å². The molecule has 2 nitrogen and oxygen atoms in total. The van der Waals surface area contributed by atoms with Gasteiger partial charge in [-0.25, -0.2) is 4.79 Å². The minimum atomic E-state index is -0.203. The van der Waals surface area contributed by atoms with E-state index in [0.29, 0.717) is 24.0 Å². The lowest BCUT2D eigenvalue weighted by molar-refractivity contribution is -0.138. The van der Waals surface area contributed by atoms with E-state index in [1.54, 1.807) is 0 Å². The van der Waals surface area contributed by atoms with Crippen molar-refractivity contribution in [3.05, 3.63) is 23.8 Å². The predicted molar refractivity (Wildman–Crippen MR) is 56.8 cm³/mol. The van der Waals surface area contributed by atoms with Gasteiger partial charge in [-0.3, -0.25) is 0 Å². The van der Waals surface area contributed by atoms with E-state index < -0.39 is 0 Å². The van der Waals surface area contributed by atoms with Crippen LogP contribution in [0.5, 0.6) is 0 Å². The van der Waals surface area contributed by atoms with Crippen LogP contribution in [0.2, 0.25) is 0 Å². The lowest BCUT2D eigenvalue weighted by atomic mass is 9.88. The van der Waals surface area contributed by atoms with Crippen molar-refractivity contribution in [2.24, 2.45) is 11.8 Å². The normalized spacial score (nSPS) is 20.9. The van der Waals surface area contributed by atoms with E-state index >= 15 is 0 Å². The zero-order chi connectivity index (χ0) is 10.6. The third-order valence-electron chi connectivity index (χ3n) is 2.50. The zero-order valence-corrected chi connectivity index (χ0v) is 9.12. The van der Waals surface area contributed by atoms with Crippen LogP contribution in [-0.2, 0) is 9.53 Å². The average Bonchev–Trinajstić information content (AvgIpc) is 2.18. The number of hydrogen-bond donors (Lipinski definition) is 0. The van der Waals surface area contributed by atoms with Crippen molar-refractivity contribution in [2.45, 2.75) is 27.2 Å². The molecule has 0 fully saturated rings. The van der Waals surface area contributed by atoms with Crippen LogP contribution in [0, 0.1) is 11.8 Å². The van der Waals surface area contributed by atoms with Crippen LogP contribution in [-0.4, -0.2) is 12.6 Å². The summed E-state index contributed by atoms with van der Waals surface area (Å²) in [6, 6.07) is 0. The molecule has 0 aromatic rings. The van der Waals surface area contributed by atoms with Crippen molar-refractivity contribution in [3.63, 3.8) is 0 Å². The first-order valence-corrected chi connectivity index (χ1v) is 5.20. The number of allylic oxidation sites excluding steroid dienone is 2. The molecule has 0 aromatic carbocycles. The molecule has 1 rings (SSSR count). The summed E-state index contributed by atoms with van der Waals surface area (Å²) < 4.78 is 4.92. The minimum absolute atomic E-state index is 0.203. The molecule has 0 heterocycles. The Bertz CT molecular complexity index is 261. The van der Waals surface area contributed by atoms with Crippen LogP contribution in [0.1, 0.15) is 27.2 Å². The predicted octanol–water partition coefficient (Wildman–Crippen LogP) is 2.71. The molecular weight excluding hydrogens is 176 g/mol. The summed E-state index contributed by atoms with van der Waals surface area (Å²) in [5, 5.41) is 0. The third-order valence-corrected chi connectivity index (χ3v) is 2.50. The lowest BCUT2D eigenvalue weighted by Crippen LogP contribution is -2.12. The van der Waals surface area contributed by atoms with E-state index in [9.17, 15) is 4.79 Å². The van der Waals surface area contributed by atoms with Gasteiger partial charge in [0.2, 0.25) is 0 Å². The molecule has 1 unspecified atom stereocenters. The summed E-state index contributed by atoms with van der Waals surface area (Å²) in [4.78, 5) is 11.3. The van der Waals surface area contributed by atoms with Crippen molar-refractivity contribution in [1.29, 1.82) is 0 Å². The van der Waals surface area contributed by atoms with Crippen LogP contribution < -0.4 is 0 Å². The number of hydrogen-bond acceptors (Lipinski definition) is 2. The Morgan fingerprint density at radius 2 is 2.36 bits per heavy atom. The molecule has 14 heavy (non-hydrogen) atoms. The van der Waals surface area contributed by atoms with E-state index in [0.717, 1.165) is 6.42 Å². The summed E-state index contributed by atoms with van der Waals surface area (Å²) in [6.45, 7) is 6.65. The van der Waals surface area contributed by atoms with E-state index in [-0.39, 0.29) is 5.97 Å². The summed E-state index contributed by atoms with van der Waals surface area (Å²) >= 11 is 0. The first kappa shape index (κ1) is 11.0. The van der Waals surface area contributed by atoms with Gasteiger partial charge in [-0.05, 0) is 25.2 Å².